The van der Waals surface area contributed by atoms with Crippen LogP contribution in [-0.2, 0) is 9.53 Å². The summed E-state index contributed by atoms with van der Waals surface area (Å²) in [6.07, 6.45) is 6.58. The fourth-order valence-electron chi connectivity index (χ4n) is 4.37. The highest BCUT2D eigenvalue weighted by atomic mass is 19.1. The maximum absolute atomic E-state index is 14.2. The molecule has 1 aliphatic heterocycles. The average molecular weight is 482 g/mol. The standard InChI is InChI=1S/C25H28FN5O4/c1-34-13-21(32)31-8-6-17(7-9-31)30-25(33)19-11-27-24-22(28-14-29-23(19)24)18-10-16(26)4-5-20(18)35-12-15-2-3-15/h4-5,10-11,14-15,17,27H,2-3,6-9,12-13H2,1H3,(H,30,33). The molecule has 9 nitrogen and oxygen atoms in total. The number of likely N-dealkylation sites (tertiary alicyclic amines) is 1. The third-order valence-electron chi connectivity index (χ3n) is 6.53. The molecule has 2 aromatic heterocycles. The number of benzene rings is 1. The Hall–Kier alpha value is -3.53. The van der Waals surface area contributed by atoms with Gasteiger partial charge in [0.1, 0.15) is 35.7 Å². The summed E-state index contributed by atoms with van der Waals surface area (Å²) in [5.41, 5.74) is 2.37. The minimum absolute atomic E-state index is 0.0454. The van der Waals surface area contributed by atoms with Crippen molar-refractivity contribution in [2.24, 2.45) is 5.92 Å². The van der Waals surface area contributed by atoms with Crippen LogP contribution in [0.5, 0.6) is 5.75 Å². The summed E-state index contributed by atoms with van der Waals surface area (Å²) in [6, 6.07) is 4.32. The zero-order valence-corrected chi connectivity index (χ0v) is 19.6. The maximum Gasteiger partial charge on any atom is 0.255 e. The number of hydrogen-bond acceptors (Lipinski definition) is 6. The van der Waals surface area contributed by atoms with E-state index in [1.165, 1.54) is 25.6 Å². The number of nitrogens with one attached hydrogen (secondary N) is 2. The first-order chi connectivity index (χ1) is 17.0. The Balaban J connectivity index is 1.34. The predicted molar refractivity (Wildman–Crippen MR) is 126 cm³/mol. The van der Waals surface area contributed by atoms with Crippen LogP contribution >= 0.6 is 0 Å². The van der Waals surface area contributed by atoms with E-state index in [0.29, 0.717) is 72.1 Å². The topological polar surface area (TPSA) is 109 Å². The Morgan fingerprint density at radius 3 is 2.74 bits per heavy atom. The Kier molecular flexibility index (Phi) is 6.63. The molecule has 3 heterocycles. The number of piperidine rings is 1. The van der Waals surface area contributed by atoms with Crippen molar-refractivity contribution in [3.63, 3.8) is 0 Å². The molecule has 0 atom stereocenters. The highest BCUT2D eigenvalue weighted by Gasteiger charge is 2.26. The van der Waals surface area contributed by atoms with Crippen LogP contribution in [0.1, 0.15) is 36.0 Å². The number of halogens is 1. The number of nitrogens with zero attached hydrogens (tertiary/aromatic N) is 3. The van der Waals surface area contributed by atoms with Crippen molar-refractivity contribution in [3.8, 4) is 17.0 Å². The number of ether oxygens (including phenoxy) is 2. The number of fused-ring (bicyclic) bond motifs is 1. The van der Waals surface area contributed by atoms with E-state index in [1.807, 2.05) is 0 Å². The van der Waals surface area contributed by atoms with Gasteiger partial charge >= 0.3 is 0 Å². The lowest BCUT2D eigenvalue weighted by Gasteiger charge is -2.32. The number of methoxy groups -OCH3 is 1. The first-order valence-corrected chi connectivity index (χ1v) is 11.9. The maximum atomic E-state index is 14.2. The molecule has 35 heavy (non-hydrogen) atoms. The van der Waals surface area contributed by atoms with Crippen molar-refractivity contribution in [1.29, 1.82) is 0 Å². The van der Waals surface area contributed by atoms with Gasteiger partial charge in [0.2, 0.25) is 5.91 Å². The van der Waals surface area contributed by atoms with Crippen molar-refractivity contribution < 1.29 is 23.5 Å². The van der Waals surface area contributed by atoms with Crippen LogP contribution in [0.4, 0.5) is 4.39 Å². The Labute approximate surface area is 202 Å². The highest BCUT2D eigenvalue weighted by molar-refractivity contribution is 6.07. The number of rotatable bonds is 8. The number of hydrogen-bond donors (Lipinski definition) is 2. The van der Waals surface area contributed by atoms with Gasteiger partial charge in [-0.2, -0.15) is 0 Å². The van der Waals surface area contributed by atoms with E-state index in [2.05, 4.69) is 20.3 Å². The van der Waals surface area contributed by atoms with E-state index in [4.69, 9.17) is 9.47 Å². The smallest absolute Gasteiger partial charge is 0.255 e. The Morgan fingerprint density at radius 2 is 2.00 bits per heavy atom. The lowest BCUT2D eigenvalue weighted by atomic mass is 10.0. The minimum Gasteiger partial charge on any atom is -0.493 e. The first-order valence-electron chi connectivity index (χ1n) is 11.9. The number of aromatic nitrogens is 3. The Morgan fingerprint density at radius 1 is 1.20 bits per heavy atom. The molecule has 1 aromatic carbocycles. The summed E-state index contributed by atoms with van der Waals surface area (Å²) < 4.78 is 25.0. The number of carbonyl (C=O) groups is 2. The summed E-state index contributed by atoms with van der Waals surface area (Å²) in [5.74, 6) is 0.395. The van der Waals surface area contributed by atoms with Gasteiger partial charge in [-0.25, -0.2) is 14.4 Å². The van der Waals surface area contributed by atoms with Crippen LogP contribution in [-0.4, -0.2) is 71.1 Å². The van der Waals surface area contributed by atoms with E-state index >= 15 is 0 Å². The molecule has 2 amide bonds. The summed E-state index contributed by atoms with van der Waals surface area (Å²) in [4.78, 5) is 38.6. The number of H-pyrrole nitrogens is 1. The van der Waals surface area contributed by atoms with Gasteiger partial charge in [-0.3, -0.25) is 9.59 Å². The van der Waals surface area contributed by atoms with E-state index in [-0.39, 0.29) is 24.5 Å². The van der Waals surface area contributed by atoms with Crippen LogP contribution in [0.2, 0.25) is 0 Å². The van der Waals surface area contributed by atoms with Gasteiger partial charge in [-0.05, 0) is 49.8 Å². The monoisotopic (exact) mass is 481 g/mol. The number of amides is 2. The van der Waals surface area contributed by atoms with Crippen LogP contribution in [0.25, 0.3) is 22.3 Å². The molecule has 3 aromatic rings. The third-order valence-corrected chi connectivity index (χ3v) is 6.53. The molecule has 2 aliphatic rings. The summed E-state index contributed by atoms with van der Waals surface area (Å²) in [7, 11) is 1.50. The van der Waals surface area contributed by atoms with Crippen LogP contribution in [0.3, 0.4) is 0 Å². The average Bonchev–Trinajstić information content (AvgIpc) is 3.59. The van der Waals surface area contributed by atoms with Crippen molar-refractivity contribution >= 4 is 22.8 Å². The fraction of sp³-hybridized carbons (Fsp3) is 0.440. The van der Waals surface area contributed by atoms with Gasteiger partial charge in [0.05, 0.1) is 17.7 Å². The molecule has 0 bridgehead atoms. The molecule has 10 heteroatoms. The highest BCUT2D eigenvalue weighted by Crippen LogP contribution is 2.36. The zero-order chi connectivity index (χ0) is 24.4. The molecule has 0 unspecified atom stereocenters. The predicted octanol–water partition coefficient (Wildman–Crippen LogP) is 2.92. The van der Waals surface area contributed by atoms with Crippen LogP contribution < -0.4 is 10.1 Å². The quantitative estimate of drug-likeness (QED) is 0.512. The van der Waals surface area contributed by atoms with Gasteiger partial charge in [-0.15, -0.1) is 0 Å². The van der Waals surface area contributed by atoms with E-state index in [9.17, 15) is 14.0 Å². The van der Waals surface area contributed by atoms with Crippen LogP contribution in [0, 0.1) is 11.7 Å². The van der Waals surface area contributed by atoms with Crippen molar-refractivity contribution in [1.82, 2.24) is 25.2 Å². The SMILES string of the molecule is COCC(=O)N1CCC(NC(=O)c2c[nH]c3c(-c4cc(F)ccc4OCC4CC4)ncnc23)CC1. The van der Waals surface area contributed by atoms with E-state index in [0.717, 1.165) is 12.8 Å². The zero-order valence-electron chi connectivity index (χ0n) is 19.6. The number of aromatic amines is 1. The second kappa shape index (κ2) is 9.99. The van der Waals surface area contributed by atoms with Crippen LogP contribution in [0.15, 0.2) is 30.7 Å². The lowest BCUT2D eigenvalue weighted by Crippen LogP contribution is -2.47. The molecular weight excluding hydrogens is 453 g/mol. The molecule has 1 saturated heterocycles. The van der Waals surface area contributed by atoms with Gasteiger partial charge < -0.3 is 24.7 Å². The van der Waals surface area contributed by atoms with Crippen molar-refractivity contribution in [3.05, 3.63) is 42.1 Å². The number of carbonyl (C=O) groups excluding carboxylic acids is 2. The Bertz CT molecular complexity index is 1230. The molecule has 0 radical (unpaired) electrons. The van der Waals surface area contributed by atoms with Crippen molar-refractivity contribution in [2.45, 2.75) is 31.7 Å². The molecular formula is C25H28FN5O4. The molecule has 5 rings (SSSR count). The molecule has 2 N–H and O–H groups in total. The molecule has 1 saturated carbocycles. The fourth-order valence-corrected chi connectivity index (χ4v) is 4.37. The first kappa shape index (κ1) is 23.2. The molecule has 1 aliphatic carbocycles. The minimum atomic E-state index is -0.398. The summed E-state index contributed by atoms with van der Waals surface area (Å²) in [5, 5.41) is 3.05. The van der Waals surface area contributed by atoms with Gasteiger partial charge in [-0.1, -0.05) is 0 Å². The summed E-state index contributed by atoms with van der Waals surface area (Å²) in [6.45, 7) is 1.78. The third kappa shape index (κ3) is 5.12. The second-order valence-corrected chi connectivity index (χ2v) is 9.10. The largest absolute Gasteiger partial charge is 0.493 e. The second-order valence-electron chi connectivity index (χ2n) is 9.10. The normalized spacial score (nSPS) is 16.5. The van der Waals surface area contributed by atoms with Gasteiger partial charge in [0.25, 0.3) is 5.91 Å². The molecule has 184 valence electrons. The summed E-state index contributed by atoms with van der Waals surface area (Å²) >= 11 is 0. The molecule has 0 spiro atoms. The van der Waals surface area contributed by atoms with E-state index < -0.39 is 5.82 Å². The van der Waals surface area contributed by atoms with Gasteiger partial charge in [0.15, 0.2) is 0 Å². The van der Waals surface area contributed by atoms with E-state index in [1.54, 1.807) is 17.2 Å². The molecule has 2 fully saturated rings. The van der Waals surface area contributed by atoms with Crippen molar-refractivity contribution in [2.75, 3.05) is 33.4 Å². The lowest BCUT2D eigenvalue weighted by molar-refractivity contribution is -0.136. The van der Waals surface area contributed by atoms with Gasteiger partial charge in [0, 0.05) is 38.0 Å².